The van der Waals surface area contributed by atoms with Gasteiger partial charge in [0.1, 0.15) is 6.61 Å². The van der Waals surface area contributed by atoms with Crippen molar-refractivity contribution in [2.75, 3.05) is 19.7 Å². The third-order valence-corrected chi connectivity index (χ3v) is 3.88. The third-order valence-electron chi connectivity index (χ3n) is 3.88. The Kier molecular flexibility index (Phi) is 5.26. The highest BCUT2D eigenvalue weighted by molar-refractivity contribution is 5.33. The molecule has 0 aliphatic carbocycles. The number of likely N-dealkylation sites (tertiary alicyclic amines) is 1. The van der Waals surface area contributed by atoms with Crippen molar-refractivity contribution in [3.63, 3.8) is 0 Å². The first-order chi connectivity index (χ1) is 10.9. The number of rotatable bonds is 4. The van der Waals surface area contributed by atoms with Crippen molar-refractivity contribution in [3.05, 3.63) is 71.8 Å². The zero-order valence-electron chi connectivity index (χ0n) is 12.7. The maximum Gasteiger partial charge on any atom is 0.108 e. The Morgan fingerprint density at radius 2 is 1.73 bits per heavy atom. The van der Waals surface area contributed by atoms with Crippen LogP contribution in [0, 0.1) is 11.8 Å². The Balaban J connectivity index is 1.41. The fraction of sp³-hybridized carbons (Fsp3) is 0.300. The molecule has 0 aromatic heterocycles. The van der Waals surface area contributed by atoms with Gasteiger partial charge in [-0.1, -0.05) is 60.4 Å². The second kappa shape index (κ2) is 7.79. The lowest BCUT2D eigenvalue weighted by Gasteiger charge is -2.15. The topological polar surface area (TPSA) is 12.5 Å². The molecular weight excluding hydrogens is 270 g/mol. The molecule has 2 heteroatoms. The standard InChI is InChI=1S/C20H21NO/c1-3-8-18(9-4-1)12-7-15-22-20-13-14-21(17-20)16-19-10-5-2-6-11-19/h1-6,8-11,20H,13-17H2. The van der Waals surface area contributed by atoms with Gasteiger partial charge >= 0.3 is 0 Å². The van der Waals surface area contributed by atoms with E-state index in [1.807, 2.05) is 30.3 Å². The van der Waals surface area contributed by atoms with Crippen LogP contribution in [0.3, 0.4) is 0 Å². The SMILES string of the molecule is C(#Cc1ccccc1)COC1CCN(Cc2ccccc2)C1. The van der Waals surface area contributed by atoms with Crippen LogP contribution in [0.5, 0.6) is 0 Å². The summed E-state index contributed by atoms with van der Waals surface area (Å²) >= 11 is 0. The van der Waals surface area contributed by atoms with E-state index in [4.69, 9.17) is 4.74 Å². The van der Waals surface area contributed by atoms with E-state index in [-0.39, 0.29) is 0 Å². The van der Waals surface area contributed by atoms with Crippen molar-refractivity contribution in [1.82, 2.24) is 4.90 Å². The van der Waals surface area contributed by atoms with Crippen molar-refractivity contribution in [2.24, 2.45) is 0 Å². The van der Waals surface area contributed by atoms with E-state index in [9.17, 15) is 0 Å². The smallest absolute Gasteiger partial charge is 0.108 e. The molecule has 0 spiro atoms. The van der Waals surface area contributed by atoms with Crippen LogP contribution < -0.4 is 0 Å². The molecule has 1 aliphatic heterocycles. The average Bonchev–Trinajstić information content (AvgIpc) is 3.01. The summed E-state index contributed by atoms with van der Waals surface area (Å²) in [6, 6.07) is 20.7. The maximum absolute atomic E-state index is 5.88. The average molecular weight is 291 g/mol. The van der Waals surface area contributed by atoms with Gasteiger partial charge in [0.05, 0.1) is 6.10 Å². The first-order valence-electron chi connectivity index (χ1n) is 7.82. The molecule has 2 aromatic carbocycles. The zero-order chi connectivity index (χ0) is 15.0. The van der Waals surface area contributed by atoms with E-state index in [2.05, 4.69) is 47.1 Å². The summed E-state index contributed by atoms with van der Waals surface area (Å²) in [4.78, 5) is 2.45. The van der Waals surface area contributed by atoms with Crippen molar-refractivity contribution in [1.29, 1.82) is 0 Å². The molecule has 112 valence electrons. The highest BCUT2D eigenvalue weighted by atomic mass is 16.5. The predicted molar refractivity (Wildman–Crippen MR) is 89.4 cm³/mol. The Bertz CT molecular complexity index is 627. The third kappa shape index (κ3) is 4.46. The van der Waals surface area contributed by atoms with Crippen molar-refractivity contribution in [2.45, 2.75) is 19.1 Å². The Labute approximate surface area is 132 Å². The molecule has 0 amide bonds. The largest absolute Gasteiger partial charge is 0.364 e. The van der Waals surface area contributed by atoms with Gasteiger partial charge in [0.2, 0.25) is 0 Å². The molecule has 1 unspecified atom stereocenters. The van der Waals surface area contributed by atoms with Gasteiger partial charge < -0.3 is 4.74 Å². The Morgan fingerprint density at radius 1 is 1.00 bits per heavy atom. The summed E-state index contributed by atoms with van der Waals surface area (Å²) in [5, 5.41) is 0. The van der Waals surface area contributed by atoms with Gasteiger partial charge in [-0.2, -0.15) is 0 Å². The number of hydrogen-bond donors (Lipinski definition) is 0. The van der Waals surface area contributed by atoms with Crippen LogP contribution in [0.25, 0.3) is 0 Å². The minimum Gasteiger partial charge on any atom is -0.364 e. The summed E-state index contributed by atoms with van der Waals surface area (Å²) in [6.07, 6.45) is 1.41. The predicted octanol–water partition coefficient (Wildman–Crippen LogP) is 3.33. The van der Waals surface area contributed by atoms with Crippen LogP contribution in [-0.4, -0.2) is 30.7 Å². The molecule has 1 heterocycles. The maximum atomic E-state index is 5.88. The monoisotopic (exact) mass is 291 g/mol. The van der Waals surface area contributed by atoms with E-state index < -0.39 is 0 Å². The van der Waals surface area contributed by atoms with Crippen LogP contribution in [0.2, 0.25) is 0 Å². The Hall–Kier alpha value is -2.08. The van der Waals surface area contributed by atoms with Crippen LogP contribution in [-0.2, 0) is 11.3 Å². The van der Waals surface area contributed by atoms with Crippen LogP contribution in [0.1, 0.15) is 17.5 Å². The zero-order valence-corrected chi connectivity index (χ0v) is 12.7. The minimum absolute atomic E-state index is 0.314. The second-order valence-electron chi connectivity index (χ2n) is 5.61. The summed E-state index contributed by atoms with van der Waals surface area (Å²) < 4.78 is 5.88. The number of nitrogens with zero attached hydrogens (tertiary/aromatic N) is 1. The van der Waals surface area contributed by atoms with Gasteiger partial charge in [0.15, 0.2) is 0 Å². The fourth-order valence-electron chi connectivity index (χ4n) is 2.74. The van der Waals surface area contributed by atoms with Gasteiger partial charge in [-0.25, -0.2) is 0 Å². The van der Waals surface area contributed by atoms with Gasteiger partial charge in [-0.05, 0) is 24.1 Å². The molecule has 3 rings (SSSR count). The molecule has 1 atom stereocenters. The molecule has 2 nitrogen and oxygen atoms in total. The first kappa shape index (κ1) is 14.8. The number of ether oxygens (including phenoxy) is 1. The van der Waals surface area contributed by atoms with Gasteiger partial charge in [-0.15, -0.1) is 0 Å². The molecule has 2 aromatic rings. The molecule has 0 bridgehead atoms. The van der Waals surface area contributed by atoms with E-state index in [0.29, 0.717) is 12.7 Å². The molecule has 0 saturated carbocycles. The molecule has 0 N–H and O–H groups in total. The van der Waals surface area contributed by atoms with Crippen molar-refractivity contribution in [3.8, 4) is 11.8 Å². The van der Waals surface area contributed by atoms with Gasteiger partial charge in [0, 0.05) is 25.2 Å². The first-order valence-corrected chi connectivity index (χ1v) is 7.82. The molecule has 22 heavy (non-hydrogen) atoms. The van der Waals surface area contributed by atoms with E-state index >= 15 is 0 Å². The number of hydrogen-bond acceptors (Lipinski definition) is 2. The van der Waals surface area contributed by atoms with E-state index in [1.54, 1.807) is 0 Å². The van der Waals surface area contributed by atoms with E-state index in [1.165, 1.54) is 5.56 Å². The van der Waals surface area contributed by atoms with Crippen LogP contribution in [0.4, 0.5) is 0 Å². The lowest BCUT2D eigenvalue weighted by atomic mass is 10.2. The van der Waals surface area contributed by atoms with Crippen LogP contribution >= 0.6 is 0 Å². The Morgan fingerprint density at radius 3 is 2.50 bits per heavy atom. The molecule has 1 fully saturated rings. The minimum atomic E-state index is 0.314. The summed E-state index contributed by atoms with van der Waals surface area (Å²) in [7, 11) is 0. The number of benzene rings is 2. The molecule has 1 saturated heterocycles. The lowest BCUT2D eigenvalue weighted by Crippen LogP contribution is -2.23. The van der Waals surface area contributed by atoms with Crippen molar-refractivity contribution < 1.29 is 4.74 Å². The fourth-order valence-corrected chi connectivity index (χ4v) is 2.74. The normalized spacial score (nSPS) is 17.9. The van der Waals surface area contributed by atoms with Gasteiger partial charge in [0.25, 0.3) is 0 Å². The quantitative estimate of drug-likeness (QED) is 0.801. The molecular formula is C20H21NO. The highest BCUT2D eigenvalue weighted by Crippen LogP contribution is 2.15. The second-order valence-corrected chi connectivity index (χ2v) is 5.61. The lowest BCUT2D eigenvalue weighted by molar-refractivity contribution is 0.0830. The van der Waals surface area contributed by atoms with Crippen LogP contribution in [0.15, 0.2) is 60.7 Å². The van der Waals surface area contributed by atoms with Crippen molar-refractivity contribution >= 4 is 0 Å². The summed E-state index contributed by atoms with van der Waals surface area (Å²) in [5.74, 6) is 6.23. The molecule has 0 radical (unpaired) electrons. The molecule has 1 aliphatic rings. The van der Waals surface area contributed by atoms with Gasteiger partial charge in [-0.3, -0.25) is 4.90 Å². The van der Waals surface area contributed by atoms with E-state index in [0.717, 1.165) is 31.6 Å². The highest BCUT2D eigenvalue weighted by Gasteiger charge is 2.22. The summed E-state index contributed by atoms with van der Waals surface area (Å²) in [5.41, 5.74) is 2.41. The summed E-state index contributed by atoms with van der Waals surface area (Å²) in [6.45, 7) is 3.63.